The molecule has 0 saturated heterocycles. The molecule has 0 spiro atoms. The number of methoxy groups -OCH3 is 1. The first-order chi connectivity index (χ1) is 9.13. The fraction of sp³-hybridized carbons (Fsp3) is 0.231. The number of nitrogens with two attached hydrogens (primary N) is 1. The van der Waals surface area contributed by atoms with Crippen molar-refractivity contribution in [3.8, 4) is 5.75 Å². The third-order valence-electron chi connectivity index (χ3n) is 2.86. The summed E-state index contributed by atoms with van der Waals surface area (Å²) in [5.74, 6) is 1.01. The van der Waals surface area contributed by atoms with Crippen LogP contribution in [-0.4, -0.2) is 22.6 Å². The Hall–Kier alpha value is -2.50. The van der Waals surface area contributed by atoms with Gasteiger partial charge in [-0.1, -0.05) is 6.07 Å². The average molecular weight is 260 g/mol. The van der Waals surface area contributed by atoms with Gasteiger partial charge >= 0.3 is 0 Å². The molecule has 6 heteroatoms. The zero-order chi connectivity index (χ0) is 13.8. The van der Waals surface area contributed by atoms with E-state index in [1.807, 2.05) is 17.8 Å². The van der Waals surface area contributed by atoms with Gasteiger partial charge in [0, 0.05) is 19.4 Å². The minimum absolute atomic E-state index is 0.251. The van der Waals surface area contributed by atoms with Crippen LogP contribution in [0.25, 0.3) is 0 Å². The summed E-state index contributed by atoms with van der Waals surface area (Å²) in [5.41, 5.74) is 6.60. The molecule has 3 N–H and O–H groups in total. The van der Waals surface area contributed by atoms with Crippen molar-refractivity contribution >= 4 is 11.6 Å². The molecule has 0 fully saturated rings. The van der Waals surface area contributed by atoms with Crippen molar-refractivity contribution in [3.05, 3.63) is 42.0 Å². The summed E-state index contributed by atoms with van der Waals surface area (Å²) < 4.78 is 6.93. The van der Waals surface area contributed by atoms with Gasteiger partial charge in [-0.3, -0.25) is 4.79 Å². The number of aryl methyl sites for hydroxylation is 1. The largest absolute Gasteiger partial charge is 0.495 e. The van der Waals surface area contributed by atoms with Crippen LogP contribution in [0.1, 0.15) is 16.2 Å². The highest BCUT2D eigenvalue weighted by atomic mass is 16.5. The molecule has 0 aliphatic rings. The molecule has 1 amide bonds. The first-order valence-corrected chi connectivity index (χ1v) is 5.80. The highest BCUT2D eigenvalue weighted by Crippen LogP contribution is 2.24. The van der Waals surface area contributed by atoms with E-state index in [2.05, 4.69) is 10.3 Å². The van der Waals surface area contributed by atoms with Crippen molar-refractivity contribution in [2.45, 2.75) is 6.54 Å². The second kappa shape index (κ2) is 5.43. The molecule has 1 heterocycles. The fourth-order valence-corrected chi connectivity index (χ4v) is 1.74. The van der Waals surface area contributed by atoms with Gasteiger partial charge in [0.1, 0.15) is 11.6 Å². The number of nitrogens with one attached hydrogen (secondary N) is 1. The summed E-state index contributed by atoms with van der Waals surface area (Å²) in [6.07, 6.45) is 3.50. The molecule has 100 valence electrons. The summed E-state index contributed by atoms with van der Waals surface area (Å²) >= 11 is 0. The highest BCUT2D eigenvalue weighted by molar-refractivity contribution is 6.00. The maximum Gasteiger partial charge on any atom is 0.253 e. The van der Waals surface area contributed by atoms with Gasteiger partial charge in [-0.05, 0) is 12.1 Å². The molecule has 0 aliphatic heterocycles. The molecule has 0 aliphatic carbocycles. The summed E-state index contributed by atoms with van der Waals surface area (Å²) in [6.45, 7) is 0.346. The van der Waals surface area contributed by atoms with Crippen molar-refractivity contribution in [2.24, 2.45) is 7.05 Å². The molecule has 1 aromatic heterocycles. The Labute approximate surface area is 111 Å². The van der Waals surface area contributed by atoms with Gasteiger partial charge in [0.15, 0.2) is 0 Å². The minimum Gasteiger partial charge on any atom is -0.495 e. The van der Waals surface area contributed by atoms with Crippen molar-refractivity contribution < 1.29 is 9.53 Å². The number of nitrogens with zero attached hydrogens (tertiary/aromatic N) is 2. The summed E-state index contributed by atoms with van der Waals surface area (Å²) in [6, 6.07) is 5.10. The molecule has 0 atom stereocenters. The van der Waals surface area contributed by atoms with Gasteiger partial charge in [0.05, 0.1) is 24.9 Å². The second-order valence-electron chi connectivity index (χ2n) is 4.06. The Morgan fingerprint density at radius 3 is 2.95 bits per heavy atom. The smallest absolute Gasteiger partial charge is 0.253 e. The molecule has 2 rings (SSSR count). The molecule has 0 saturated carbocycles. The molecule has 1 aromatic carbocycles. The molecule has 0 bridgehead atoms. The number of carbonyl (C=O) groups is 1. The Bertz CT molecular complexity index is 592. The van der Waals surface area contributed by atoms with E-state index in [0.717, 1.165) is 5.82 Å². The maximum atomic E-state index is 12.1. The third-order valence-corrected chi connectivity index (χ3v) is 2.86. The number of nitrogen functional groups attached to an aromatic ring is 1. The first kappa shape index (κ1) is 12.9. The SMILES string of the molecule is COc1cccc(C(=O)NCc2nccn2C)c1N. The van der Waals surface area contributed by atoms with Crippen LogP contribution in [0.2, 0.25) is 0 Å². The Morgan fingerprint density at radius 1 is 1.53 bits per heavy atom. The van der Waals surface area contributed by atoms with Crippen LogP contribution in [0, 0.1) is 0 Å². The predicted octanol–water partition coefficient (Wildman–Crippen LogP) is 0.941. The zero-order valence-corrected chi connectivity index (χ0v) is 10.9. The van der Waals surface area contributed by atoms with Crippen LogP contribution < -0.4 is 15.8 Å². The van der Waals surface area contributed by atoms with Crippen molar-refractivity contribution in [1.82, 2.24) is 14.9 Å². The van der Waals surface area contributed by atoms with Crippen LogP contribution in [0.3, 0.4) is 0 Å². The van der Waals surface area contributed by atoms with Crippen LogP contribution in [0.15, 0.2) is 30.6 Å². The Morgan fingerprint density at radius 2 is 2.32 bits per heavy atom. The van der Waals surface area contributed by atoms with E-state index < -0.39 is 0 Å². The number of benzene rings is 1. The van der Waals surface area contributed by atoms with E-state index in [-0.39, 0.29) is 5.91 Å². The van der Waals surface area contributed by atoms with Gasteiger partial charge in [-0.2, -0.15) is 0 Å². The number of anilines is 1. The fourth-order valence-electron chi connectivity index (χ4n) is 1.74. The van der Waals surface area contributed by atoms with E-state index in [1.54, 1.807) is 24.4 Å². The number of aromatic nitrogens is 2. The third kappa shape index (κ3) is 2.67. The second-order valence-corrected chi connectivity index (χ2v) is 4.06. The van der Waals surface area contributed by atoms with E-state index in [0.29, 0.717) is 23.5 Å². The summed E-state index contributed by atoms with van der Waals surface area (Å²) in [7, 11) is 3.38. The number of imidazole rings is 1. The van der Waals surface area contributed by atoms with E-state index in [1.165, 1.54) is 7.11 Å². The lowest BCUT2D eigenvalue weighted by atomic mass is 10.1. The lowest BCUT2D eigenvalue weighted by Crippen LogP contribution is -2.25. The number of rotatable bonds is 4. The van der Waals surface area contributed by atoms with Gasteiger partial charge < -0.3 is 20.4 Å². The average Bonchev–Trinajstić information content (AvgIpc) is 2.82. The molecule has 2 aromatic rings. The van der Waals surface area contributed by atoms with E-state index in [4.69, 9.17) is 10.5 Å². The molecule has 19 heavy (non-hydrogen) atoms. The topological polar surface area (TPSA) is 82.2 Å². The summed E-state index contributed by atoms with van der Waals surface area (Å²) in [5, 5.41) is 2.78. The van der Waals surface area contributed by atoms with Crippen molar-refractivity contribution in [1.29, 1.82) is 0 Å². The predicted molar refractivity (Wildman–Crippen MR) is 71.8 cm³/mol. The Balaban J connectivity index is 2.10. The molecular formula is C13H16N4O2. The number of hydrogen-bond donors (Lipinski definition) is 2. The zero-order valence-electron chi connectivity index (χ0n) is 10.9. The number of amides is 1. The van der Waals surface area contributed by atoms with E-state index >= 15 is 0 Å². The van der Waals surface area contributed by atoms with Crippen LogP contribution >= 0.6 is 0 Å². The first-order valence-electron chi connectivity index (χ1n) is 5.80. The quantitative estimate of drug-likeness (QED) is 0.801. The van der Waals surface area contributed by atoms with E-state index in [9.17, 15) is 4.79 Å². The van der Waals surface area contributed by atoms with Gasteiger partial charge in [-0.25, -0.2) is 4.98 Å². The monoisotopic (exact) mass is 260 g/mol. The van der Waals surface area contributed by atoms with Crippen LogP contribution in [-0.2, 0) is 13.6 Å². The molecule has 0 radical (unpaired) electrons. The number of para-hydroxylation sites is 1. The number of hydrogen-bond acceptors (Lipinski definition) is 4. The molecular weight excluding hydrogens is 244 g/mol. The van der Waals surface area contributed by atoms with Crippen LogP contribution in [0.5, 0.6) is 5.75 Å². The number of carbonyl (C=O) groups excluding carboxylic acids is 1. The minimum atomic E-state index is -0.251. The van der Waals surface area contributed by atoms with Crippen LogP contribution in [0.4, 0.5) is 5.69 Å². The van der Waals surface area contributed by atoms with Gasteiger partial charge in [-0.15, -0.1) is 0 Å². The van der Waals surface area contributed by atoms with Crippen molar-refractivity contribution in [2.75, 3.05) is 12.8 Å². The van der Waals surface area contributed by atoms with Gasteiger partial charge in [0.25, 0.3) is 5.91 Å². The van der Waals surface area contributed by atoms with Crippen molar-refractivity contribution in [3.63, 3.8) is 0 Å². The lowest BCUT2D eigenvalue weighted by Gasteiger charge is -2.10. The normalized spacial score (nSPS) is 10.2. The number of ether oxygens (including phenoxy) is 1. The standard InChI is InChI=1S/C13H16N4O2/c1-17-7-6-15-11(17)8-16-13(18)9-4-3-5-10(19-2)12(9)14/h3-7H,8,14H2,1-2H3,(H,16,18). The highest BCUT2D eigenvalue weighted by Gasteiger charge is 2.13. The Kier molecular flexibility index (Phi) is 3.70. The summed E-state index contributed by atoms with van der Waals surface area (Å²) in [4.78, 5) is 16.2. The van der Waals surface area contributed by atoms with Gasteiger partial charge in [0.2, 0.25) is 0 Å². The molecule has 0 unspecified atom stereocenters. The maximum absolute atomic E-state index is 12.1. The molecule has 6 nitrogen and oxygen atoms in total. The lowest BCUT2D eigenvalue weighted by molar-refractivity contribution is 0.0950.